The van der Waals surface area contributed by atoms with Crippen molar-refractivity contribution in [2.24, 2.45) is 17.3 Å². The van der Waals surface area contributed by atoms with Crippen LogP contribution < -0.4 is 4.74 Å². The van der Waals surface area contributed by atoms with Gasteiger partial charge in [-0.3, -0.25) is 4.79 Å². The molecule has 2 aliphatic carbocycles. The van der Waals surface area contributed by atoms with Crippen LogP contribution in [-0.2, 0) is 14.3 Å². The third kappa shape index (κ3) is 18.2. The Morgan fingerprint density at radius 3 is 2.18 bits per heavy atom. The first kappa shape index (κ1) is 47.0. The monoisotopic (exact) mass is 787 g/mol. The zero-order chi connectivity index (χ0) is 39.6. The van der Waals surface area contributed by atoms with Crippen LogP contribution in [0.4, 0.5) is 0 Å². The van der Waals surface area contributed by atoms with E-state index in [1.807, 2.05) is 12.1 Å². The quantitative estimate of drug-likeness (QED) is 0.0334. The van der Waals surface area contributed by atoms with E-state index in [9.17, 15) is 19.8 Å². The number of carbonyl (C=O) groups is 2. The summed E-state index contributed by atoms with van der Waals surface area (Å²) in [6.45, 7) is 5.45. The molecule has 3 rings (SSSR count). The fourth-order valence-corrected chi connectivity index (χ4v) is 8.61. The summed E-state index contributed by atoms with van der Waals surface area (Å²) in [6, 6.07) is 7.12. The van der Waals surface area contributed by atoms with Crippen LogP contribution in [0.2, 0.25) is 0 Å². The first-order valence-corrected chi connectivity index (χ1v) is 22.6. The summed E-state index contributed by atoms with van der Waals surface area (Å²) in [6.07, 6.45) is 33.1. The Balaban J connectivity index is 1.18. The number of carbonyl (C=O) groups excluding carboxylic acids is 2. The Kier molecular flexibility index (Phi) is 24.0. The molecule has 2 fully saturated rings. The molecule has 0 bridgehead atoms. The third-order valence-corrected chi connectivity index (χ3v) is 12.5. The van der Waals surface area contributed by atoms with E-state index in [2.05, 4.69) is 32.1 Å². The van der Waals surface area contributed by atoms with E-state index < -0.39 is 12.1 Å². The van der Waals surface area contributed by atoms with Crippen LogP contribution in [0.15, 0.2) is 48.6 Å². The topological polar surface area (TPSA) is 102 Å². The molecule has 0 radical (unpaired) electrons. The minimum Gasteiger partial charge on any atom is -0.494 e. The highest BCUT2D eigenvalue weighted by Gasteiger charge is 2.42. The summed E-state index contributed by atoms with van der Waals surface area (Å²) in [7, 11) is 0. The van der Waals surface area contributed by atoms with Gasteiger partial charge in [-0.25, -0.2) is 4.79 Å². The van der Waals surface area contributed by atoms with Gasteiger partial charge in [0.2, 0.25) is 0 Å². The van der Waals surface area contributed by atoms with Crippen molar-refractivity contribution < 1.29 is 34.0 Å². The van der Waals surface area contributed by atoms with Crippen LogP contribution in [0.3, 0.4) is 0 Å². The zero-order valence-electron chi connectivity index (χ0n) is 34.4. The molecule has 0 saturated heterocycles. The number of halogens is 1. The lowest BCUT2D eigenvalue weighted by atomic mass is 9.63. The van der Waals surface area contributed by atoms with Gasteiger partial charge in [0.1, 0.15) is 5.75 Å². The van der Waals surface area contributed by atoms with E-state index in [1.54, 1.807) is 18.2 Å². The van der Waals surface area contributed by atoms with Crippen molar-refractivity contribution in [3.8, 4) is 5.75 Å². The number of allylic oxidation sites excluding steroid dienone is 2. The molecule has 2 aliphatic rings. The van der Waals surface area contributed by atoms with Gasteiger partial charge in [0.05, 0.1) is 37.6 Å². The summed E-state index contributed by atoms with van der Waals surface area (Å²) in [5.41, 5.74) is 0.529. The average Bonchev–Trinajstić information content (AvgIpc) is 3.43. The standard InChI is InChI=1S/C47H75ClO7/c1-3-5-6-7-8-9-10-11-12-13-14-17-20-33-53-39-26-21-25-38(36-39)46(52)55-35-24-34-54-45(51)30-19-16-15-18-27-40-41(43(49)37-42(40)48)28-22-29-44(50)47(4-2)31-23-32-47/h15,18,21-22,25-26,28,36,40-44,49-50H,3-14,16-17,19-20,23-24,27,29-35,37H2,1-2H3/b18-15-,28-22+/t40-,41-,42-,43-,44+/m1/s1. The third-order valence-electron chi connectivity index (χ3n) is 12.0. The van der Waals surface area contributed by atoms with E-state index in [0.717, 1.165) is 44.9 Å². The zero-order valence-corrected chi connectivity index (χ0v) is 35.2. The lowest BCUT2D eigenvalue weighted by Crippen LogP contribution is -2.40. The predicted octanol–water partition coefficient (Wildman–Crippen LogP) is 11.9. The van der Waals surface area contributed by atoms with Gasteiger partial charge in [-0.2, -0.15) is 0 Å². The second-order valence-corrected chi connectivity index (χ2v) is 16.8. The van der Waals surface area contributed by atoms with Gasteiger partial charge in [-0.15, -0.1) is 11.6 Å². The van der Waals surface area contributed by atoms with Gasteiger partial charge in [0.15, 0.2) is 0 Å². The number of esters is 2. The van der Waals surface area contributed by atoms with Crippen molar-refractivity contribution in [3.63, 3.8) is 0 Å². The van der Waals surface area contributed by atoms with Gasteiger partial charge in [0, 0.05) is 24.1 Å². The van der Waals surface area contributed by atoms with E-state index in [1.165, 1.54) is 77.0 Å². The maximum Gasteiger partial charge on any atom is 0.338 e. The van der Waals surface area contributed by atoms with Crippen molar-refractivity contribution in [2.75, 3.05) is 19.8 Å². The van der Waals surface area contributed by atoms with Crippen molar-refractivity contribution >= 4 is 23.5 Å². The summed E-state index contributed by atoms with van der Waals surface area (Å²) in [5.74, 6) is 0.130. The minimum atomic E-state index is -0.467. The first-order chi connectivity index (χ1) is 26.8. The average molecular weight is 788 g/mol. The number of aliphatic hydroxyl groups is 2. The van der Waals surface area contributed by atoms with E-state index >= 15 is 0 Å². The van der Waals surface area contributed by atoms with Crippen LogP contribution in [0.5, 0.6) is 5.75 Å². The first-order valence-electron chi connectivity index (χ1n) is 22.2. The maximum atomic E-state index is 12.6. The van der Waals surface area contributed by atoms with Gasteiger partial charge in [-0.05, 0) is 87.3 Å². The predicted molar refractivity (Wildman–Crippen MR) is 225 cm³/mol. The number of aliphatic hydroxyl groups excluding tert-OH is 2. The van der Waals surface area contributed by atoms with Crippen molar-refractivity contribution in [1.29, 1.82) is 0 Å². The highest BCUT2D eigenvalue weighted by molar-refractivity contribution is 6.21. The van der Waals surface area contributed by atoms with E-state index in [-0.39, 0.29) is 47.9 Å². The molecular weight excluding hydrogens is 712 g/mol. The molecule has 8 heteroatoms. The Hall–Kier alpha value is -2.35. The summed E-state index contributed by atoms with van der Waals surface area (Å²) in [4.78, 5) is 24.8. The largest absolute Gasteiger partial charge is 0.494 e. The van der Waals surface area contributed by atoms with Gasteiger partial charge >= 0.3 is 11.9 Å². The Bertz CT molecular complexity index is 1240. The Morgan fingerprint density at radius 1 is 0.855 bits per heavy atom. The normalized spacial score (nSPS) is 21.2. The van der Waals surface area contributed by atoms with E-state index in [0.29, 0.717) is 50.0 Å². The number of ether oxygens (including phenoxy) is 3. The highest BCUT2D eigenvalue weighted by Crippen LogP contribution is 2.48. The Labute approximate surface area is 339 Å². The van der Waals surface area contributed by atoms with Crippen LogP contribution >= 0.6 is 11.6 Å². The second kappa shape index (κ2) is 28.1. The number of hydrogen-bond donors (Lipinski definition) is 2. The molecule has 5 atom stereocenters. The molecule has 0 amide bonds. The molecule has 7 nitrogen and oxygen atoms in total. The van der Waals surface area contributed by atoms with Crippen molar-refractivity contribution in [3.05, 3.63) is 54.1 Å². The smallest absolute Gasteiger partial charge is 0.338 e. The fourth-order valence-electron chi connectivity index (χ4n) is 8.16. The number of rotatable bonds is 31. The van der Waals surface area contributed by atoms with Crippen LogP contribution in [0, 0.1) is 17.3 Å². The molecule has 1 aromatic carbocycles. The summed E-state index contributed by atoms with van der Waals surface area (Å²) < 4.78 is 16.6. The number of benzene rings is 1. The summed E-state index contributed by atoms with van der Waals surface area (Å²) >= 11 is 6.63. The van der Waals surface area contributed by atoms with Crippen molar-refractivity contribution in [1.82, 2.24) is 0 Å². The lowest BCUT2D eigenvalue weighted by molar-refractivity contribution is -0.144. The number of unbranched alkanes of at least 4 members (excludes halogenated alkanes) is 13. The van der Waals surface area contributed by atoms with Crippen LogP contribution in [0.25, 0.3) is 0 Å². The summed E-state index contributed by atoms with van der Waals surface area (Å²) in [5, 5.41) is 21.3. The number of alkyl halides is 1. The molecule has 1 aromatic rings. The van der Waals surface area contributed by atoms with Gasteiger partial charge in [-0.1, -0.05) is 128 Å². The second-order valence-electron chi connectivity index (χ2n) is 16.2. The van der Waals surface area contributed by atoms with Crippen molar-refractivity contribution in [2.45, 2.75) is 186 Å². The van der Waals surface area contributed by atoms with Crippen LogP contribution in [0.1, 0.15) is 178 Å². The molecule has 0 aromatic heterocycles. The molecule has 55 heavy (non-hydrogen) atoms. The molecule has 2 saturated carbocycles. The van der Waals surface area contributed by atoms with E-state index in [4.69, 9.17) is 25.8 Å². The molecule has 0 unspecified atom stereocenters. The van der Waals surface area contributed by atoms with Crippen LogP contribution in [-0.4, -0.2) is 59.6 Å². The highest BCUT2D eigenvalue weighted by atomic mass is 35.5. The molecule has 312 valence electrons. The van der Waals surface area contributed by atoms with Gasteiger partial charge < -0.3 is 24.4 Å². The maximum absolute atomic E-state index is 12.6. The molecule has 0 spiro atoms. The lowest BCUT2D eigenvalue weighted by Gasteiger charge is -2.45. The Morgan fingerprint density at radius 2 is 1.53 bits per heavy atom. The molecule has 0 aliphatic heterocycles. The van der Waals surface area contributed by atoms with Gasteiger partial charge in [0.25, 0.3) is 0 Å². The minimum absolute atomic E-state index is 0.0181. The molecule has 2 N–H and O–H groups in total. The SMILES string of the molecule is CCCCCCCCCCCCCCCOc1cccc(C(=O)OCCCOC(=O)CCC/C=C\C[C@@H]2[C@@H](/C=C/C[C@H](O)C3(CC)CCC3)[C@H](O)C[C@H]2Cl)c1. The number of hydrogen-bond acceptors (Lipinski definition) is 7. The molecule has 0 heterocycles. The molecular formula is C47H75ClO7. The fraction of sp³-hybridized carbons (Fsp3) is 0.745.